The lowest BCUT2D eigenvalue weighted by molar-refractivity contribution is 0.0608. The number of hydrogen-bond acceptors (Lipinski definition) is 2. The Hall–Kier alpha value is -0.860. The van der Waals surface area contributed by atoms with E-state index >= 15 is 0 Å². The molecule has 0 aromatic heterocycles. The Labute approximate surface area is 85.2 Å². The highest BCUT2D eigenvalue weighted by molar-refractivity contribution is 5.15. The molecule has 1 fully saturated rings. The third kappa shape index (κ3) is 2.14. The van der Waals surface area contributed by atoms with Gasteiger partial charge in [0.2, 0.25) is 0 Å². The van der Waals surface area contributed by atoms with E-state index in [1.165, 1.54) is 18.5 Å². The zero-order valence-electron chi connectivity index (χ0n) is 8.39. The van der Waals surface area contributed by atoms with Gasteiger partial charge in [-0.2, -0.15) is 0 Å². The molecule has 1 atom stereocenters. The van der Waals surface area contributed by atoms with Gasteiger partial charge in [0.25, 0.3) is 0 Å². The van der Waals surface area contributed by atoms with E-state index in [9.17, 15) is 0 Å². The lowest BCUT2D eigenvalue weighted by atomic mass is 9.99. The highest BCUT2D eigenvalue weighted by Crippen LogP contribution is 2.22. The first-order chi connectivity index (χ1) is 6.90. The van der Waals surface area contributed by atoms with Gasteiger partial charge in [-0.25, -0.2) is 0 Å². The fourth-order valence-electron chi connectivity index (χ4n) is 2.00. The number of aliphatic hydroxyl groups is 1. The minimum absolute atomic E-state index is 0.315. The minimum atomic E-state index is 0.315. The van der Waals surface area contributed by atoms with Gasteiger partial charge in [0.15, 0.2) is 0 Å². The standard InChI is InChI=1S/C12H17NO/c14-9-7-12-6-8-13(12)10-11-4-2-1-3-5-11/h1-5,12,14H,6-10H2/t12-/m0/s1. The number of rotatable bonds is 4. The first kappa shape index (κ1) is 9.69. The molecule has 2 rings (SSSR count). The summed E-state index contributed by atoms with van der Waals surface area (Å²) in [5.41, 5.74) is 1.37. The van der Waals surface area contributed by atoms with Crippen LogP contribution in [0.2, 0.25) is 0 Å². The molecule has 0 amide bonds. The molecule has 0 radical (unpaired) electrons. The predicted octanol–water partition coefficient (Wildman–Crippen LogP) is 1.64. The second-order valence-electron chi connectivity index (χ2n) is 3.91. The molecule has 0 bridgehead atoms. The van der Waals surface area contributed by atoms with Crippen molar-refractivity contribution in [2.45, 2.75) is 25.4 Å². The van der Waals surface area contributed by atoms with Gasteiger partial charge >= 0.3 is 0 Å². The van der Waals surface area contributed by atoms with Crippen LogP contribution in [-0.4, -0.2) is 29.2 Å². The quantitative estimate of drug-likeness (QED) is 0.782. The van der Waals surface area contributed by atoms with Crippen LogP contribution in [0, 0.1) is 0 Å². The van der Waals surface area contributed by atoms with E-state index in [2.05, 4.69) is 29.2 Å². The molecule has 1 aromatic carbocycles. The SMILES string of the molecule is OCC[C@@H]1CCN1Cc1ccccc1. The van der Waals surface area contributed by atoms with E-state index < -0.39 is 0 Å². The second-order valence-corrected chi connectivity index (χ2v) is 3.91. The maximum Gasteiger partial charge on any atom is 0.0445 e. The molecule has 0 unspecified atom stereocenters. The number of nitrogens with zero attached hydrogens (tertiary/aromatic N) is 1. The maximum absolute atomic E-state index is 8.86. The Bertz CT molecular complexity index is 273. The third-order valence-corrected chi connectivity index (χ3v) is 2.96. The molecule has 2 nitrogen and oxygen atoms in total. The van der Waals surface area contributed by atoms with Crippen LogP contribution >= 0.6 is 0 Å². The van der Waals surface area contributed by atoms with Crippen LogP contribution in [0.15, 0.2) is 30.3 Å². The largest absolute Gasteiger partial charge is 0.396 e. The summed E-state index contributed by atoms with van der Waals surface area (Å²) >= 11 is 0. The van der Waals surface area contributed by atoms with Gasteiger partial charge in [0.1, 0.15) is 0 Å². The van der Waals surface area contributed by atoms with Crippen LogP contribution < -0.4 is 0 Å². The molecule has 0 saturated carbocycles. The van der Waals surface area contributed by atoms with E-state index in [4.69, 9.17) is 5.11 Å². The molecule has 0 spiro atoms. The van der Waals surface area contributed by atoms with Gasteiger partial charge in [0.05, 0.1) is 0 Å². The second kappa shape index (κ2) is 4.58. The summed E-state index contributed by atoms with van der Waals surface area (Å²) in [7, 11) is 0. The first-order valence-electron chi connectivity index (χ1n) is 5.29. The molecule has 76 valence electrons. The lowest BCUT2D eigenvalue weighted by Crippen LogP contribution is -2.47. The zero-order valence-corrected chi connectivity index (χ0v) is 8.39. The van der Waals surface area contributed by atoms with Crippen LogP contribution in [0.5, 0.6) is 0 Å². The van der Waals surface area contributed by atoms with Gasteiger partial charge in [-0.3, -0.25) is 4.90 Å². The summed E-state index contributed by atoms with van der Waals surface area (Å²) in [4.78, 5) is 2.44. The number of benzene rings is 1. The Balaban J connectivity index is 1.86. The molecule has 1 aliphatic rings. The zero-order chi connectivity index (χ0) is 9.80. The van der Waals surface area contributed by atoms with Crippen molar-refractivity contribution in [3.8, 4) is 0 Å². The Morgan fingerprint density at radius 2 is 2.07 bits per heavy atom. The van der Waals surface area contributed by atoms with E-state index in [1.807, 2.05) is 6.07 Å². The van der Waals surface area contributed by atoms with Gasteiger partial charge < -0.3 is 5.11 Å². The van der Waals surface area contributed by atoms with Crippen LogP contribution in [0.3, 0.4) is 0 Å². The van der Waals surface area contributed by atoms with E-state index in [0.717, 1.165) is 13.0 Å². The topological polar surface area (TPSA) is 23.5 Å². The summed E-state index contributed by atoms with van der Waals surface area (Å²) in [6.45, 7) is 2.53. The highest BCUT2D eigenvalue weighted by Gasteiger charge is 2.26. The molecule has 1 N–H and O–H groups in total. The highest BCUT2D eigenvalue weighted by atomic mass is 16.3. The molecular formula is C12H17NO. The van der Waals surface area contributed by atoms with Crippen molar-refractivity contribution < 1.29 is 5.11 Å². The van der Waals surface area contributed by atoms with Crippen molar-refractivity contribution in [1.29, 1.82) is 0 Å². The summed E-state index contributed by atoms with van der Waals surface area (Å²) in [5.74, 6) is 0. The van der Waals surface area contributed by atoms with Crippen molar-refractivity contribution >= 4 is 0 Å². The molecule has 1 saturated heterocycles. The van der Waals surface area contributed by atoms with Crippen LogP contribution in [-0.2, 0) is 6.54 Å². The van der Waals surface area contributed by atoms with Crippen LogP contribution in [0.4, 0.5) is 0 Å². The number of hydrogen-bond donors (Lipinski definition) is 1. The number of aliphatic hydroxyl groups excluding tert-OH is 1. The summed E-state index contributed by atoms with van der Waals surface area (Å²) in [6, 6.07) is 11.1. The van der Waals surface area contributed by atoms with E-state index in [1.54, 1.807) is 0 Å². The molecule has 0 aliphatic carbocycles. The van der Waals surface area contributed by atoms with Gasteiger partial charge in [0, 0.05) is 25.7 Å². The summed E-state index contributed by atoms with van der Waals surface area (Å²) < 4.78 is 0. The van der Waals surface area contributed by atoms with Crippen molar-refractivity contribution in [3.63, 3.8) is 0 Å². The number of likely N-dealkylation sites (tertiary alicyclic amines) is 1. The summed E-state index contributed by atoms with van der Waals surface area (Å²) in [6.07, 6.45) is 2.17. The smallest absolute Gasteiger partial charge is 0.0445 e. The van der Waals surface area contributed by atoms with E-state index in [0.29, 0.717) is 12.6 Å². The molecule has 1 aromatic rings. The molecule has 2 heteroatoms. The fourth-order valence-corrected chi connectivity index (χ4v) is 2.00. The average molecular weight is 191 g/mol. The summed E-state index contributed by atoms with van der Waals surface area (Å²) in [5, 5.41) is 8.86. The molecule has 14 heavy (non-hydrogen) atoms. The maximum atomic E-state index is 8.86. The molecule has 1 heterocycles. The minimum Gasteiger partial charge on any atom is -0.396 e. The lowest BCUT2D eigenvalue weighted by Gasteiger charge is -2.41. The van der Waals surface area contributed by atoms with Gasteiger partial charge in [-0.05, 0) is 18.4 Å². The van der Waals surface area contributed by atoms with Gasteiger partial charge in [-0.15, -0.1) is 0 Å². The van der Waals surface area contributed by atoms with Crippen LogP contribution in [0.1, 0.15) is 18.4 Å². The monoisotopic (exact) mass is 191 g/mol. The fraction of sp³-hybridized carbons (Fsp3) is 0.500. The van der Waals surface area contributed by atoms with Crippen molar-refractivity contribution in [3.05, 3.63) is 35.9 Å². The van der Waals surface area contributed by atoms with E-state index in [-0.39, 0.29) is 0 Å². The van der Waals surface area contributed by atoms with Gasteiger partial charge in [-0.1, -0.05) is 30.3 Å². The first-order valence-corrected chi connectivity index (χ1v) is 5.29. The third-order valence-electron chi connectivity index (χ3n) is 2.96. The normalized spacial score (nSPS) is 21.9. The van der Waals surface area contributed by atoms with Crippen molar-refractivity contribution in [2.24, 2.45) is 0 Å². The molecular weight excluding hydrogens is 174 g/mol. The van der Waals surface area contributed by atoms with Crippen LogP contribution in [0.25, 0.3) is 0 Å². The van der Waals surface area contributed by atoms with Crippen molar-refractivity contribution in [1.82, 2.24) is 4.90 Å². The average Bonchev–Trinajstić information content (AvgIpc) is 2.23. The Morgan fingerprint density at radius 3 is 2.64 bits per heavy atom. The molecule has 1 aliphatic heterocycles. The Kier molecular flexibility index (Phi) is 3.17. The Morgan fingerprint density at radius 1 is 1.29 bits per heavy atom. The predicted molar refractivity (Wildman–Crippen MR) is 57.0 cm³/mol. The van der Waals surface area contributed by atoms with Crippen molar-refractivity contribution in [2.75, 3.05) is 13.2 Å².